The summed E-state index contributed by atoms with van der Waals surface area (Å²) < 4.78 is 47.5. The number of carbonyl (C=O) groups is 1. The highest BCUT2D eigenvalue weighted by Gasteiger charge is 2.25. The standard InChI is InChI=1S/C20H18F3N3O2S.ClH/c21-13-4-5-14(16(23)12-13)19(27)26(7-6-25-8-10-28-11-9-25)20-24-18-15(22)2-1-3-17(18)29-20;/h1-5,12H,6-11H2;1H. The van der Waals surface area contributed by atoms with Crippen LogP contribution in [-0.2, 0) is 4.74 Å². The van der Waals surface area contributed by atoms with Crippen molar-refractivity contribution in [1.29, 1.82) is 0 Å². The van der Waals surface area contributed by atoms with Crippen molar-refractivity contribution in [3.05, 3.63) is 59.4 Å². The highest BCUT2D eigenvalue weighted by molar-refractivity contribution is 7.22. The minimum atomic E-state index is -0.946. The van der Waals surface area contributed by atoms with Crippen LogP contribution in [-0.4, -0.2) is 55.2 Å². The average Bonchev–Trinajstić information content (AvgIpc) is 3.14. The molecule has 1 aliphatic rings. The molecule has 4 rings (SSSR count). The topological polar surface area (TPSA) is 45.7 Å². The molecule has 0 spiro atoms. The number of thiazole rings is 1. The van der Waals surface area contributed by atoms with Gasteiger partial charge in [-0.15, -0.1) is 12.4 Å². The van der Waals surface area contributed by atoms with Gasteiger partial charge in [0.1, 0.15) is 23.0 Å². The maximum Gasteiger partial charge on any atom is 0.263 e. The van der Waals surface area contributed by atoms with Gasteiger partial charge in [0.2, 0.25) is 0 Å². The van der Waals surface area contributed by atoms with Gasteiger partial charge in [-0.1, -0.05) is 17.4 Å². The first kappa shape index (κ1) is 22.5. The van der Waals surface area contributed by atoms with Crippen LogP contribution in [0.4, 0.5) is 18.3 Å². The van der Waals surface area contributed by atoms with Crippen molar-refractivity contribution in [2.24, 2.45) is 0 Å². The maximum atomic E-state index is 14.2. The molecule has 1 aromatic heterocycles. The number of amides is 1. The summed E-state index contributed by atoms with van der Waals surface area (Å²) in [6.07, 6.45) is 0. The van der Waals surface area contributed by atoms with Crippen LogP contribution >= 0.6 is 23.7 Å². The van der Waals surface area contributed by atoms with Gasteiger partial charge in [-0.3, -0.25) is 14.6 Å². The first-order chi connectivity index (χ1) is 14.0. The minimum Gasteiger partial charge on any atom is -0.379 e. The fraction of sp³-hybridized carbons (Fsp3) is 0.300. The Kier molecular flexibility index (Phi) is 7.30. The molecule has 2 aromatic carbocycles. The molecule has 1 saturated heterocycles. The Labute approximate surface area is 181 Å². The molecule has 0 atom stereocenters. The summed E-state index contributed by atoms with van der Waals surface area (Å²) in [6, 6.07) is 7.40. The van der Waals surface area contributed by atoms with E-state index in [1.807, 2.05) is 0 Å². The van der Waals surface area contributed by atoms with Gasteiger partial charge in [-0.05, 0) is 24.3 Å². The Morgan fingerprint density at radius 2 is 1.90 bits per heavy atom. The molecule has 30 heavy (non-hydrogen) atoms. The highest BCUT2D eigenvalue weighted by Crippen LogP contribution is 2.31. The molecule has 0 unspecified atom stereocenters. The third-order valence-corrected chi connectivity index (χ3v) is 5.78. The molecule has 0 radical (unpaired) electrons. The third-order valence-electron chi connectivity index (χ3n) is 4.74. The van der Waals surface area contributed by atoms with E-state index in [-0.39, 0.29) is 35.2 Å². The zero-order valence-corrected chi connectivity index (χ0v) is 17.4. The van der Waals surface area contributed by atoms with E-state index in [2.05, 4.69) is 9.88 Å². The molecule has 2 heterocycles. The van der Waals surface area contributed by atoms with E-state index in [0.717, 1.165) is 36.6 Å². The quantitative estimate of drug-likeness (QED) is 0.578. The Hall–Kier alpha value is -2.20. The number of para-hydroxylation sites is 1. The van der Waals surface area contributed by atoms with Crippen LogP contribution in [0.5, 0.6) is 0 Å². The Balaban J connectivity index is 0.00000256. The zero-order chi connectivity index (χ0) is 20.4. The van der Waals surface area contributed by atoms with Crippen molar-refractivity contribution in [3.63, 3.8) is 0 Å². The van der Waals surface area contributed by atoms with Crippen LogP contribution in [0.2, 0.25) is 0 Å². The van der Waals surface area contributed by atoms with E-state index in [1.165, 1.54) is 11.0 Å². The zero-order valence-electron chi connectivity index (χ0n) is 15.8. The second kappa shape index (κ2) is 9.74. The number of hydrogen-bond donors (Lipinski definition) is 0. The van der Waals surface area contributed by atoms with Gasteiger partial charge in [0.05, 0.1) is 23.5 Å². The summed E-state index contributed by atoms with van der Waals surface area (Å²) in [7, 11) is 0. The second-order valence-corrected chi connectivity index (χ2v) is 7.63. The van der Waals surface area contributed by atoms with Gasteiger partial charge in [-0.25, -0.2) is 18.2 Å². The van der Waals surface area contributed by atoms with E-state index in [0.29, 0.717) is 30.5 Å². The lowest BCUT2D eigenvalue weighted by molar-refractivity contribution is 0.0391. The second-order valence-electron chi connectivity index (χ2n) is 6.62. The van der Waals surface area contributed by atoms with Gasteiger partial charge in [0, 0.05) is 32.2 Å². The lowest BCUT2D eigenvalue weighted by Crippen LogP contribution is -2.43. The van der Waals surface area contributed by atoms with Crippen LogP contribution in [0.1, 0.15) is 10.4 Å². The fourth-order valence-electron chi connectivity index (χ4n) is 3.18. The molecule has 10 heteroatoms. The van der Waals surface area contributed by atoms with Crippen molar-refractivity contribution in [2.45, 2.75) is 0 Å². The Morgan fingerprint density at radius 1 is 1.13 bits per heavy atom. The summed E-state index contributed by atoms with van der Waals surface area (Å²) in [5.41, 5.74) is -0.0932. The SMILES string of the molecule is Cl.O=C(c1ccc(F)cc1F)N(CCN1CCOCC1)c1nc2c(F)cccc2s1. The number of aromatic nitrogens is 1. The molecule has 0 bridgehead atoms. The number of rotatable bonds is 5. The summed E-state index contributed by atoms with van der Waals surface area (Å²) in [5, 5.41) is 0.270. The van der Waals surface area contributed by atoms with Crippen LogP contribution in [0.3, 0.4) is 0 Å². The number of anilines is 1. The molecule has 0 saturated carbocycles. The highest BCUT2D eigenvalue weighted by atomic mass is 35.5. The largest absolute Gasteiger partial charge is 0.379 e. The maximum absolute atomic E-state index is 14.2. The summed E-state index contributed by atoms with van der Waals surface area (Å²) in [6.45, 7) is 3.41. The van der Waals surface area contributed by atoms with Crippen LogP contribution in [0, 0.1) is 17.5 Å². The molecular weight excluding hydrogens is 439 g/mol. The first-order valence-corrected chi connectivity index (χ1v) is 9.96. The van der Waals surface area contributed by atoms with Gasteiger partial charge in [-0.2, -0.15) is 0 Å². The number of halogens is 4. The van der Waals surface area contributed by atoms with Crippen molar-refractivity contribution in [1.82, 2.24) is 9.88 Å². The average molecular weight is 458 g/mol. The lowest BCUT2D eigenvalue weighted by atomic mass is 10.2. The molecule has 0 aliphatic carbocycles. The lowest BCUT2D eigenvalue weighted by Gasteiger charge is -2.29. The van der Waals surface area contributed by atoms with E-state index in [9.17, 15) is 18.0 Å². The van der Waals surface area contributed by atoms with E-state index >= 15 is 0 Å². The smallest absolute Gasteiger partial charge is 0.263 e. The summed E-state index contributed by atoms with van der Waals surface area (Å²) >= 11 is 1.15. The van der Waals surface area contributed by atoms with Crippen molar-refractivity contribution in [2.75, 3.05) is 44.3 Å². The van der Waals surface area contributed by atoms with Crippen LogP contribution in [0.15, 0.2) is 36.4 Å². The minimum absolute atomic E-state index is 0. The number of fused-ring (bicyclic) bond motifs is 1. The molecule has 1 amide bonds. The Morgan fingerprint density at radius 3 is 2.60 bits per heavy atom. The number of hydrogen-bond acceptors (Lipinski definition) is 5. The monoisotopic (exact) mass is 457 g/mol. The third kappa shape index (κ3) is 4.75. The van der Waals surface area contributed by atoms with Crippen LogP contribution < -0.4 is 4.90 Å². The van der Waals surface area contributed by atoms with Gasteiger partial charge in [0.15, 0.2) is 5.13 Å². The van der Waals surface area contributed by atoms with Crippen molar-refractivity contribution in [3.8, 4) is 0 Å². The van der Waals surface area contributed by atoms with Gasteiger partial charge in [0.25, 0.3) is 5.91 Å². The van der Waals surface area contributed by atoms with E-state index in [1.54, 1.807) is 12.1 Å². The Bertz CT molecular complexity index is 1040. The summed E-state index contributed by atoms with van der Waals surface area (Å²) in [4.78, 5) is 20.8. The molecule has 5 nitrogen and oxygen atoms in total. The van der Waals surface area contributed by atoms with E-state index < -0.39 is 23.4 Å². The van der Waals surface area contributed by atoms with Gasteiger partial charge >= 0.3 is 0 Å². The predicted molar refractivity (Wildman–Crippen MR) is 112 cm³/mol. The molecule has 0 N–H and O–H groups in total. The molecular formula is C20H19ClF3N3O2S. The number of benzene rings is 2. The summed E-state index contributed by atoms with van der Waals surface area (Å²) in [5.74, 6) is -2.84. The predicted octanol–water partition coefficient (Wildman–Crippen LogP) is 4.11. The molecule has 160 valence electrons. The van der Waals surface area contributed by atoms with Crippen molar-refractivity contribution >= 4 is 45.0 Å². The fourth-order valence-corrected chi connectivity index (χ4v) is 4.18. The van der Waals surface area contributed by atoms with Crippen molar-refractivity contribution < 1.29 is 22.7 Å². The number of carbonyl (C=O) groups excluding carboxylic acids is 1. The molecule has 1 aliphatic heterocycles. The van der Waals surface area contributed by atoms with Crippen LogP contribution in [0.25, 0.3) is 10.2 Å². The number of morpholine rings is 1. The van der Waals surface area contributed by atoms with Gasteiger partial charge < -0.3 is 4.74 Å². The molecule has 1 fully saturated rings. The number of nitrogens with zero attached hydrogens (tertiary/aromatic N) is 3. The first-order valence-electron chi connectivity index (χ1n) is 9.15. The van der Waals surface area contributed by atoms with E-state index in [4.69, 9.17) is 4.74 Å². The normalized spacial score (nSPS) is 14.5. The number of ether oxygens (including phenoxy) is 1. The molecule has 3 aromatic rings.